The molecule has 2 aliphatic heterocycles. The molecule has 3 aliphatic rings. The van der Waals surface area contributed by atoms with E-state index in [1.807, 2.05) is 6.07 Å². The molecule has 29 heavy (non-hydrogen) atoms. The smallest absolute Gasteiger partial charge is 0.238 e. The van der Waals surface area contributed by atoms with Crippen molar-refractivity contribution >= 4 is 11.6 Å². The van der Waals surface area contributed by atoms with Crippen molar-refractivity contribution in [3.05, 3.63) is 58.7 Å². The SMILES string of the molecule is O=C(CN1CCN(Cc2ccc3c(c2)CCO3)CC1)Nc1ccc2c(c1)CCC2. The monoisotopic (exact) mass is 391 g/mol. The van der Waals surface area contributed by atoms with E-state index >= 15 is 0 Å². The van der Waals surface area contributed by atoms with Crippen LogP contribution in [0.1, 0.15) is 28.7 Å². The van der Waals surface area contributed by atoms with Gasteiger partial charge in [-0.3, -0.25) is 14.6 Å². The number of aryl methyl sites for hydroxylation is 2. The van der Waals surface area contributed by atoms with E-state index < -0.39 is 0 Å². The molecule has 2 aromatic rings. The molecule has 0 atom stereocenters. The number of benzene rings is 2. The Morgan fingerprint density at radius 1 is 0.897 bits per heavy atom. The zero-order valence-electron chi connectivity index (χ0n) is 17.0. The Kier molecular flexibility index (Phi) is 5.25. The van der Waals surface area contributed by atoms with Gasteiger partial charge < -0.3 is 10.1 Å². The Hall–Kier alpha value is -2.37. The molecule has 2 aromatic carbocycles. The van der Waals surface area contributed by atoms with E-state index in [1.165, 1.54) is 35.1 Å². The molecule has 1 aliphatic carbocycles. The van der Waals surface area contributed by atoms with Crippen molar-refractivity contribution in [3.8, 4) is 5.75 Å². The van der Waals surface area contributed by atoms with Gasteiger partial charge in [0, 0.05) is 44.8 Å². The van der Waals surface area contributed by atoms with Crippen LogP contribution in [0.5, 0.6) is 5.75 Å². The lowest BCUT2D eigenvalue weighted by molar-refractivity contribution is -0.117. The third-order valence-electron chi connectivity index (χ3n) is 6.37. The number of fused-ring (bicyclic) bond motifs is 2. The van der Waals surface area contributed by atoms with Crippen molar-refractivity contribution in [1.29, 1.82) is 0 Å². The number of carbonyl (C=O) groups excluding carboxylic acids is 1. The molecule has 0 spiro atoms. The van der Waals surface area contributed by atoms with Crippen LogP contribution < -0.4 is 10.1 Å². The van der Waals surface area contributed by atoms with Crippen LogP contribution in [-0.4, -0.2) is 55.0 Å². The summed E-state index contributed by atoms with van der Waals surface area (Å²) < 4.78 is 5.60. The lowest BCUT2D eigenvalue weighted by Gasteiger charge is -2.34. The third kappa shape index (κ3) is 4.31. The zero-order chi connectivity index (χ0) is 19.6. The highest BCUT2D eigenvalue weighted by Gasteiger charge is 2.20. The number of piperazine rings is 1. The fourth-order valence-electron chi connectivity index (χ4n) is 4.76. The number of rotatable bonds is 5. The maximum atomic E-state index is 12.5. The van der Waals surface area contributed by atoms with Crippen molar-refractivity contribution < 1.29 is 9.53 Å². The summed E-state index contributed by atoms with van der Waals surface area (Å²) in [6, 6.07) is 12.9. The summed E-state index contributed by atoms with van der Waals surface area (Å²) in [5.74, 6) is 1.14. The van der Waals surface area contributed by atoms with Crippen LogP contribution in [0.3, 0.4) is 0 Å². The van der Waals surface area contributed by atoms with E-state index in [0.29, 0.717) is 6.54 Å². The van der Waals surface area contributed by atoms with Crippen LogP contribution in [0.4, 0.5) is 5.69 Å². The second-order valence-electron chi connectivity index (χ2n) is 8.48. The van der Waals surface area contributed by atoms with E-state index in [2.05, 4.69) is 45.4 Å². The van der Waals surface area contributed by atoms with Crippen molar-refractivity contribution in [3.63, 3.8) is 0 Å². The van der Waals surface area contributed by atoms with Gasteiger partial charge in [-0.05, 0) is 59.7 Å². The number of carbonyl (C=O) groups is 1. The van der Waals surface area contributed by atoms with E-state index in [-0.39, 0.29) is 5.91 Å². The number of amides is 1. The predicted molar refractivity (Wildman–Crippen MR) is 114 cm³/mol. The summed E-state index contributed by atoms with van der Waals surface area (Å²) in [6.45, 7) is 6.13. The van der Waals surface area contributed by atoms with Crippen LogP contribution in [0.15, 0.2) is 36.4 Å². The summed E-state index contributed by atoms with van der Waals surface area (Å²) >= 11 is 0. The van der Waals surface area contributed by atoms with Gasteiger partial charge in [0.05, 0.1) is 13.2 Å². The van der Waals surface area contributed by atoms with Crippen molar-refractivity contribution in [2.75, 3.05) is 44.6 Å². The van der Waals surface area contributed by atoms with Crippen molar-refractivity contribution in [2.45, 2.75) is 32.2 Å². The molecule has 0 saturated carbocycles. The van der Waals surface area contributed by atoms with E-state index in [4.69, 9.17) is 4.74 Å². The van der Waals surface area contributed by atoms with Crippen LogP contribution in [-0.2, 0) is 30.6 Å². The number of nitrogens with zero attached hydrogens (tertiary/aromatic N) is 2. The number of hydrogen-bond donors (Lipinski definition) is 1. The van der Waals surface area contributed by atoms with Crippen LogP contribution in [0, 0.1) is 0 Å². The average Bonchev–Trinajstić information content (AvgIpc) is 3.37. The summed E-state index contributed by atoms with van der Waals surface area (Å²) in [6.07, 6.45) is 4.57. The minimum atomic E-state index is 0.0926. The third-order valence-corrected chi connectivity index (χ3v) is 6.37. The second-order valence-corrected chi connectivity index (χ2v) is 8.48. The van der Waals surface area contributed by atoms with Crippen LogP contribution in [0.25, 0.3) is 0 Å². The zero-order valence-corrected chi connectivity index (χ0v) is 17.0. The molecule has 1 fully saturated rings. The summed E-state index contributed by atoms with van der Waals surface area (Å²) in [5.41, 5.74) is 6.47. The van der Waals surface area contributed by atoms with Gasteiger partial charge in [-0.2, -0.15) is 0 Å². The van der Waals surface area contributed by atoms with E-state index in [9.17, 15) is 4.79 Å². The summed E-state index contributed by atoms with van der Waals surface area (Å²) in [7, 11) is 0. The molecule has 0 radical (unpaired) electrons. The maximum Gasteiger partial charge on any atom is 0.238 e. The fraction of sp³-hybridized carbons (Fsp3) is 0.458. The summed E-state index contributed by atoms with van der Waals surface area (Å²) in [4.78, 5) is 17.2. The highest BCUT2D eigenvalue weighted by Crippen LogP contribution is 2.27. The molecule has 1 saturated heterocycles. The van der Waals surface area contributed by atoms with Gasteiger partial charge in [-0.1, -0.05) is 18.2 Å². The van der Waals surface area contributed by atoms with Gasteiger partial charge in [-0.15, -0.1) is 0 Å². The molecular weight excluding hydrogens is 362 g/mol. The lowest BCUT2D eigenvalue weighted by atomic mass is 10.1. The fourth-order valence-corrected chi connectivity index (χ4v) is 4.76. The first-order valence-corrected chi connectivity index (χ1v) is 10.8. The molecule has 1 N–H and O–H groups in total. The maximum absolute atomic E-state index is 12.5. The Labute approximate surface area is 172 Å². The lowest BCUT2D eigenvalue weighted by Crippen LogP contribution is -2.48. The first-order valence-electron chi connectivity index (χ1n) is 10.8. The van der Waals surface area contributed by atoms with Crippen molar-refractivity contribution in [2.24, 2.45) is 0 Å². The van der Waals surface area contributed by atoms with Gasteiger partial charge in [0.1, 0.15) is 5.75 Å². The quantitative estimate of drug-likeness (QED) is 0.851. The van der Waals surface area contributed by atoms with Crippen LogP contribution >= 0.6 is 0 Å². The van der Waals surface area contributed by atoms with Gasteiger partial charge in [0.25, 0.3) is 0 Å². The summed E-state index contributed by atoms with van der Waals surface area (Å²) in [5, 5.41) is 3.09. The van der Waals surface area contributed by atoms with Crippen LogP contribution in [0.2, 0.25) is 0 Å². The largest absolute Gasteiger partial charge is 0.493 e. The molecule has 1 amide bonds. The van der Waals surface area contributed by atoms with E-state index in [1.54, 1.807) is 0 Å². The van der Waals surface area contributed by atoms with Crippen molar-refractivity contribution in [1.82, 2.24) is 9.80 Å². The minimum absolute atomic E-state index is 0.0926. The second kappa shape index (κ2) is 8.17. The Bertz CT molecular complexity index is 903. The predicted octanol–water partition coefficient (Wildman–Crippen LogP) is 2.87. The standard InChI is InChI=1S/C24H29N3O2/c28-24(25-22-6-5-19-2-1-3-20(19)15-22)17-27-11-9-26(10-12-27)16-18-4-7-23-21(14-18)8-13-29-23/h4-7,14-15H,1-3,8-13,16-17H2,(H,25,28). The minimum Gasteiger partial charge on any atom is -0.493 e. The number of hydrogen-bond acceptors (Lipinski definition) is 4. The molecular formula is C24H29N3O2. The molecule has 0 unspecified atom stereocenters. The molecule has 152 valence electrons. The van der Waals surface area contributed by atoms with Gasteiger partial charge in [0.15, 0.2) is 0 Å². The molecule has 0 aromatic heterocycles. The molecule has 5 nitrogen and oxygen atoms in total. The molecule has 0 bridgehead atoms. The topological polar surface area (TPSA) is 44.8 Å². The Morgan fingerprint density at radius 3 is 2.62 bits per heavy atom. The first kappa shape index (κ1) is 18.6. The van der Waals surface area contributed by atoms with E-state index in [0.717, 1.165) is 63.6 Å². The number of anilines is 1. The van der Waals surface area contributed by atoms with Gasteiger partial charge in [0.2, 0.25) is 5.91 Å². The number of ether oxygens (including phenoxy) is 1. The molecule has 2 heterocycles. The molecule has 5 rings (SSSR count). The normalized spacial score (nSPS) is 18.9. The average molecular weight is 392 g/mol. The highest BCUT2D eigenvalue weighted by atomic mass is 16.5. The highest BCUT2D eigenvalue weighted by molar-refractivity contribution is 5.92. The molecule has 5 heteroatoms. The Balaban J connectivity index is 1.09. The van der Waals surface area contributed by atoms with Gasteiger partial charge in [-0.25, -0.2) is 0 Å². The van der Waals surface area contributed by atoms with Gasteiger partial charge >= 0.3 is 0 Å². The first-order chi connectivity index (χ1) is 14.2. The number of nitrogens with one attached hydrogen (secondary N) is 1. The Morgan fingerprint density at radius 2 is 1.72 bits per heavy atom.